The molecule has 0 aliphatic heterocycles. The second-order valence-corrected chi connectivity index (χ2v) is 6.01. The van der Waals surface area contributed by atoms with Gasteiger partial charge in [0.2, 0.25) is 5.91 Å². The van der Waals surface area contributed by atoms with Gasteiger partial charge in [-0.2, -0.15) is 5.10 Å². The van der Waals surface area contributed by atoms with Crippen molar-refractivity contribution >= 4 is 17.3 Å². The van der Waals surface area contributed by atoms with E-state index in [4.69, 9.17) is 5.73 Å². The largest absolute Gasteiger partial charge is 0.378 e. The summed E-state index contributed by atoms with van der Waals surface area (Å²) in [5.74, 6) is 0.479. The number of anilines is 2. The van der Waals surface area contributed by atoms with E-state index in [1.54, 1.807) is 4.68 Å². The zero-order chi connectivity index (χ0) is 18.4. The summed E-state index contributed by atoms with van der Waals surface area (Å²) in [5, 5.41) is 7.39. The maximum atomic E-state index is 11.5. The average Bonchev–Trinajstić information content (AvgIpc) is 3.05. The molecule has 0 aliphatic rings. The Kier molecular flexibility index (Phi) is 5.48. The van der Waals surface area contributed by atoms with Crippen molar-refractivity contribution in [3.8, 4) is 0 Å². The highest BCUT2D eigenvalue weighted by molar-refractivity contribution is 5.80. The molecule has 1 heterocycles. The molecule has 0 fully saturated rings. The number of benzene rings is 2. The van der Waals surface area contributed by atoms with Crippen LogP contribution in [0.1, 0.15) is 11.4 Å². The van der Waals surface area contributed by atoms with Crippen molar-refractivity contribution in [2.24, 2.45) is 12.8 Å². The van der Waals surface area contributed by atoms with E-state index in [0.717, 1.165) is 22.8 Å². The molecule has 0 bridgehead atoms. The van der Waals surface area contributed by atoms with Gasteiger partial charge in [-0.25, -0.2) is 4.98 Å². The molecule has 0 atom stereocenters. The lowest BCUT2D eigenvalue weighted by atomic mass is 10.2. The first kappa shape index (κ1) is 17.5. The Labute approximate surface area is 152 Å². The highest BCUT2D eigenvalue weighted by Gasteiger charge is 2.11. The lowest BCUT2D eigenvalue weighted by Gasteiger charge is -2.24. The first-order valence-corrected chi connectivity index (χ1v) is 8.36. The number of hydrogen-bond donors (Lipinski definition) is 2. The van der Waals surface area contributed by atoms with Gasteiger partial charge in [-0.1, -0.05) is 36.4 Å². The van der Waals surface area contributed by atoms with Crippen molar-refractivity contribution in [3.05, 3.63) is 72.3 Å². The van der Waals surface area contributed by atoms with Crippen LogP contribution in [-0.4, -0.2) is 27.2 Å². The van der Waals surface area contributed by atoms with Crippen LogP contribution >= 0.6 is 0 Å². The second-order valence-electron chi connectivity index (χ2n) is 6.01. The fourth-order valence-corrected chi connectivity index (χ4v) is 2.70. The third-order valence-corrected chi connectivity index (χ3v) is 4.03. The molecule has 1 aromatic heterocycles. The molecule has 7 heteroatoms. The van der Waals surface area contributed by atoms with Crippen molar-refractivity contribution in [2.45, 2.75) is 13.1 Å². The van der Waals surface area contributed by atoms with Gasteiger partial charge in [-0.15, -0.1) is 0 Å². The molecule has 3 aromatic rings. The van der Waals surface area contributed by atoms with E-state index in [-0.39, 0.29) is 12.5 Å². The van der Waals surface area contributed by atoms with Crippen LogP contribution < -0.4 is 16.0 Å². The quantitative estimate of drug-likeness (QED) is 0.648. The minimum atomic E-state index is -0.363. The molecule has 2 aromatic carbocycles. The van der Waals surface area contributed by atoms with Crippen molar-refractivity contribution < 1.29 is 4.79 Å². The Bertz CT molecular complexity index is 861. The monoisotopic (exact) mass is 350 g/mol. The zero-order valence-corrected chi connectivity index (χ0v) is 14.7. The van der Waals surface area contributed by atoms with Crippen molar-refractivity contribution in [3.63, 3.8) is 0 Å². The molecule has 26 heavy (non-hydrogen) atoms. The Hall–Kier alpha value is -3.35. The maximum absolute atomic E-state index is 11.5. The highest BCUT2D eigenvalue weighted by atomic mass is 16.1. The number of hydrogen-bond acceptors (Lipinski definition) is 5. The molecule has 0 aliphatic carbocycles. The van der Waals surface area contributed by atoms with Gasteiger partial charge in [0.15, 0.2) is 0 Å². The fraction of sp³-hybridized carbons (Fsp3) is 0.211. The van der Waals surface area contributed by atoms with E-state index < -0.39 is 0 Å². The number of primary amides is 1. The van der Waals surface area contributed by atoms with Gasteiger partial charge < -0.3 is 16.0 Å². The summed E-state index contributed by atoms with van der Waals surface area (Å²) in [5.41, 5.74) is 8.43. The molecule has 0 radical (unpaired) electrons. The van der Waals surface area contributed by atoms with Crippen molar-refractivity contribution in [1.29, 1.82) is 0 Å². The third kappa shape index (κ3) is 4.60. The summed E-state index contributed by atoms with van der Waals surface area (Å²) in [7, 11) is 1.86. The molecule has 0 unspecified atom stereocenters. The van der Waals surface area contributed by atoms with Gasteiger partial charge >= 0.3 is 0 Å². The lowest BCUT2D eigenvalue weighted by Crippen LogP contribution is -2.33. The number of nitrogens with zero attached hydrogens (tertiary/aromatic N) is 4. The van der Waals surface area contributed by atoms with Gasteiger partial charge in [-0.05, 0) is 23.8 Å². The Balaban J connectivity index is 1.75. The molecule has 0 spiro atoms. The lowest BCUT2D eigenvalue weighted by molar-refractivity contribution is -0.116. The summed E-state index contributed by atoms with van der Waals surface area (Å²) in [6.45, 7) is 1.33. The number of amides is 1. The van der Waals surface area contributed by atoms with Gasteiger partial charge in [0.05, 0.1) is 13.1 Å². The Morgan fingerprint density at radius 3 is 2.69 bits per heavy atom. The number of carbonyl (C=O) groups is 1. The first-order valence-electron chi connectivity index (χ1n) is 8.36. The number of carbonyl (C=O) groups excluding carboxylic acids is 1. The standard InChI is InChI=1S/C19H22N6O/c1-24-19(22-14-23-24)11-21-16-8-5-9-17(10-16)25(13-18(20)26)12-15-6-3-2-4-7-15/h2-10,14,21H,11-13H2,1H3,(H2,20,26). The van der Waals surface area contributed by atoms with E-state index >= 15 is 0 Å². The highest BCUT2D eigenvalue weighted by Crippen LogP contribution is 2.21. The molecule has 134 valence electrons. The van der Waals surface area contributed by atoms with Crippen LogP contribution in [0.15, 0.2) is 60.9 Å². The molecule has 0 saturated heterocycles. The maximum Gasteiger partial charge on any atom is 0.236 e. The fourth-order valence-electron chi connectivity index (χ4n) is 2.70. The first-order chi connectivity index (χ1) is 12.6. The van der Waals surface area contributed by atoms with Gasteiger partial charge in [0.1, 0.15) is 12.2 Å². The number of rotatable bonds is 8. The van der Waals surface area contributed by atoms with E-state index in [2.05, 4.69) is 15.4 Å². The minimum Gasteiger partial charge on any atom is -0.378 e. The number of aromatic nitrogens is 3. The summed E-state index contributed by atoms with van der Waals surface area (Å²) >= 11 is 0. The molecule has 3 rings (SSSR count). The number of nitrogens with two attached hydrogens (primary N) is 1. The summed E-state index contributed by atoms with van der Waals surface area (Å²) < 4.78 is 1.73. The summed E-state index contributed by atoms with van der Waals surface area (Å²) in [6.07, 6.45) is 1.53. The third-order valence-electron chi connectivity index (χ3n) is 4.03. The molecule has 7 nitrogen and oxygen atoms in total. The van der Waals surface area contributed by atoms with Gasteiger partial charge in [-0.3, -0.25) is 9.48 Å². The van der Waals surface area contributed by atoms with Crippen molar-refractivity contribution in [1.82, 2.24) is 14.8 Å². The predicted octanol–water partition coefficient (Wildman–Crippen LogP) is 1.92. The minimum absolute atomic E-state index is 0.154. The van der Waals surface area contributed by atoms with Crippen LogP contribution in [-0.2, 0) is 24.9 Å². The van der Waals surface area contributed by atoms with E-state index in [0.29, 0.717) is 13.1 Å². The van der Waals surface area contributed by atoms with Crippen LogP contribution in [0.2, 0.25) is 0 Å². The smallest absolute Gasteiger partial charge is 0.236 e. The average molecular weight is 350 g/mol. The molecule has 1 amide bonds. The molecule has 0 saturated carbocycles. The number of aryl methyl sites for hydroxylation is 1. The summed E-state index contributed by atoms with van der Waals surface area (Å²) in [6, 6.07) is 17.9. The normalized spacial score (nSPS) is 10.5. The number of nitrogens with one attached hydrogen (secondary N) is 1. The van der Waals surface area contributed by atoms with E-state index in [9.17, 15) is 4.79 Å². The van der Waals surface area contributed by atoms with Crippen LogP contribution in [0.3, 0.4) is 0 Å². The topological polar surface area (TPSA) is 89.1 Å². The van der Waals surface area contributed by atoms with E-state index in [1.165, 1.54) is 6.33 Å². The Morgan fingerprint density at radius 1 is 1.19 bits per heavy atom. The van der Waals surface area contributed by atoms with Gasteiger partial charge in [0, 0.05) is 25.0 Å². The van der Waals surface area contributed by atoms with Crippen molar-refractivity contribution in [2.75, 3.05) is 16.8 Å². The van der Waals surface area contributed by atoms with Gasteiger partial charge in [0.25, 0.3) is 0 Å². The van der Waals surface area contributed by atoms with Crippen LogP contribution in [0.25, 0.3) is 0 Å². The Morgan fingerprint density at radius 2 is 2.00 bits per heavy atom. The zero-order valence-electron chi connectivity index (χ0n) is 14.7. The molecular weight excluding hydrogens is 328 g/mol. The summed E-state index contributed by atoms with van der Waals surface area (Å²) in [4.78, 5) is 17.7. The van der Waals surface area contributed by atoms with E-state index in [1.807, 2.05) is 66.5 Å². The SMILES string of the molecule is Cn1ncnc1CNc1cccc(N(CC(N)=O)Cc2ccccc2)c1. The molecule has 3 N–H and O–H groups in total. The van der Waals surface area contributed by atoms with Crippen LogP contribution in [0.4, 0.5) is 11.4 Å². The molecular formula is C19H22N6O. The van der Waals surface area contributed by atoms with Crippen LogP contribution in [0, 0.1) is 0 Å². The van der Waals surface area contributed by atoms with Crippen LogP contribution in [0.5, 0.6) is 0 Å². The second kappa shape index (κ2) is 8.15. The predicted molar refractivity (Wildman–Crippen MR) is 101 cm³/mol.